The second-order valence-electron chi connectivity index (χ2n) is 13.2. The Morgan fingerprint density at radius 1 is 1.05 bits per heavy atom. The first-order valence-electron chi connectivity index (χ1n) is 15.4. The Kier molecular flexibility index (Phi) is 9.09. The molecule has 0 atom stereocenters. The van der Waals surface area contributed by atoms with Gasteiger partial charge in [-0.05, 0) is 72.3 Å². The van der Waals surface area contributed by atoms with Gasteiger partial charge in [0.2, 0.25) is 0 Å². The molecule has 5 rings (SSSR count). The zero-order valence-electron chi connectivity index (χ0n) is 26.6. The first-order chi connectivity index (χ1) is 20.9. The smallest absolute Gasteiger partial charge is 0.272 e. The average Bonchev–Trinajstić information content (AvgIpc) is 3.37. The molecule has 1 N–H and O–H groups in total. The summed E-state index contributed by atoms with van der Waals surface area (Å²) in [5, 5.41) is 4.64. The third kappa shape index (κ3) is 6.64. The van der Waals surface area contributed by atoms with Crippen LogP contribution in [0.4, 0.5) is 4.39 Å². The zero-order valence-corrected chi connectivity index (χ0v) is 27.6. The zero-order chi connectivity index (χ0) is 31.6. The van der Waals surface area contributed by atoms with Gasteiger partial charge >= 0.3 is 0 Å². The van der Waals surface area contributed by atoms with E-state index in [1.807, 2.05) is 42.3 Å². The quantitative estimate of drug-likeness (QED) is 0.175. The highest BCUT2D eigenvalue weighted by atomic mass is 28.4. The van der Waals surface area contributed by atoms with Crippen molar-refractivity contribution in [3.63, 3.8) is 0 Å². The number of benzene rings is 2. The van der Waals surface area contributed by atoms with Gasteiger partial charge < -0.3 is 14.4 Å². The number of hydrogen-bond acceptors (Lipinski definition) is 5. The summed E-state index contributed by atoms with van der Waals surface area (Å²) in [6.07, 6.45) is 4.93. The van der Waals surface area contributed by atoms with Crippen molar-refractivity contribution in [2.45, 2.75) is 77.7 Å². The number of ether oxygens (including phenoxy) is 1. The minimum Gasteiger partial charge on any atom is -0.489 e. The number of aromatic nitrogens is 3. The number of hydrogen-bond donors (Lipinski definition) is 1. The monoisotopic (exact) mass is 614 g/mol. The molecule has 3 heterocycles. The van der Waals surface area contributed by atoms with Gasteiger partial charge in [-0.25, -0.2) is 4.39 Å². The first-order valence-corrected chi connectivity index (χ1v) is 18.3. The fourth-order valence-corrected chi connectivity index (χ4v) is 6.25. The van der Waals surface area contributed by atoms with Gasteiger partial charge in [0.05, 0.1) is 6.54 Å². The number of nitrogens with zero attached hydrogens (tertiary/aromatic N) is 4. The molecule has 0 aliphatic carbocycles. The van der Waals surface area contributed by atoms with Crippen LogP contribution in [0.25, 0.3) is 22.4 Å². The second-order valence-corrected chi connectivity index (χ2v) is 17.7. The molecule has 0 bridgehead atoms. The predicted octanol–water partition coefficient (Wildman–Crippen LogP) is 7.67. The normalized spacial score (nSPS) is 13.8. The van der Waals surface area contributed by atoms with Gasteiger partial charge in [0, 0.05) is 48.2 Å². The highest BCUT2D eigenvalue weighted by Crippen LogP contribution is 2.41. The molecule has 4 aromatic rings. The van der Waals surface area contributed by atoms with E-state index < -0.39 is 14.1 Å². The highest BCUT2D eigenvalue weighted by molar-refractivity contribution is 6.72. The van der Waals surface area contributed by atoms with Crippen molar-refractivity contribution in [1.29, 1.82) is 0 Å². The van der Waals surface area contributed by atoms with E-state index in [1.54, 1.807) is 29.2 Å². The van der Waals surface area contributed by atoms with Crippen LogP contribution in [0.5, 0.6) is 5.75 Å². The molecule has 9 heteroatoms. The topological polar surface area (TPSA) is 80.5 Å². The van der Waals surface area contributed by atoms with Gasteiger partial charge in [-0.1, -0.05) is 52.0 Å². The maximum Gasteiger partial charge on any atom is 0.272 e. The van der Waals surface area contributed by atoms with Crippen molar-refractivity contribution in [1.82, 2.24) is 19.7 Å². The van der Waals surface area contributed by atoms with Crippen LogP contribution in [0.15, 0.2) is 67.0 Å². The SMILES string of the molecule is CC(C)c1ccc(COc2ccc(-c3c(-c4ccncc4)nn4c3C(=O)N(CCCC(C)(C)[Si](C)(C)O)CC4)c(F)c2)cc1. The first kappa shape index (κ1) is 31.6. The lowest BCUT2D eigenvalue weighted by atomic mass is 9.97. The number of carbonyl (C=O) groups is 1. The Labute approximate surface area is 260 Å². The summed E-state index contributed by atoms with van der Waals surface area (Å²) in [7, 11) is -2.35. The molecule has 0 saturated heterocycles. The number of rotatable bonds is 11. The lowest BCUT2D eigenvalue weighted by molar-refractivity contribution is 0.0694. The van der Waals surface area contributed by atoms with Gasteiger partial charge in [-0.3, -0.25) is 14.5 Å². The van der Waals surface area contributed by atoms with Crippen LogP contribution in [0.3, 0.4) is 0 Å². The molecule has 1 aliphatic rings. The Balaban J connectivity index is 1.42. The standard InChI is InChI=1S/C35H43FN4O3Si/c1-24(2)26-10-8-25(9-11-26)23-43-28-12-13-29(30(36)22-28)31-32(27-14-17-37-18-15-27)38-40-21-20-39(34(41)33(31)40)19-7-16-35(3,4)44(5,6)42/h8-15,17-18,22,24,42H,7,16,19-21,23H2,1-6H3. The number of carbonyl (C=O) groups excluding carboxylic acids is 1. The maximum atomic E-state index is 15.9. The molecule has 0 fully saturated rings. The number of pyridine rings is 1. The van der Waals surface area contributed by atoms with Crippen molar-refractivity contribution in [2.75, 3.05) is 13.1 Å². The van der Waals surface area contributed by atoms with E-state index >= 15 is 4.39 Å². The third-order valence-electron chi connectivity index (χ3n) is 9.13. The lowest BCUT2D eigenvalue weighted by Crippen LogP contribution is -2.42. The Bertz CT molecular complexity index is 1610. The summed E-state index contributed by atoms with van der Waals surface area (Å²) in [6.45, 7) is 14.4. The second kappa shape index (κ2) is 12.7. The van der Waals surface area contributed by atoms with Crippen LogP contribution in [0.2, 0.25) is 18.1 Å². The molecule has 2 aromatic heterocycles. The minimum absolute atomic E-state index is 0.165. The third-order valence-corrected chi connectivity index (χ3v) is 12.7. The van der Waals surface area contributed by atoms with Crippen LogP contribution >= 0.6 is 0 Å². The van der Waals surface area contributed by atoms with Gasteiger partial charge in [-0.15, -0.1) is 0 Å². The van der Waals surface area contributed by atoms with Crippen molar-refractivity contribution < 1.29 is 18.7 Å². The Morgan fingerprint density at radius 3 is 2.39 bits per heavy atom. The summed E-state index contributed by atoms with van der Waals surface area (Å²) >= 11 is 0. The fraction of sp³-hybridized carbons (Fsp3) is 0.400. The minimum atomic E-state index is -2.35. The van der Waals surface area contributed by atoms with Crippen molar-refractivity contribution in [2.24, 2.45) is 0 Å². The molecule has 0 unspecified atom stereocenters. The van der Waals surface area contributed by atoms with E-state index in [0.717, 1.165) is 24.0 Å². The Hall–Kier alpha value is -3.82. The molecule has 44 heavy (non-hydrogen) atoms. The maximum absolute atomic E-state index is 15.9. The number of amides is 1. The number of fused-ring (bicyclic) bond motifs is 1. The average molecular weight is 615 g/mol. The molecular weight excluding hydrogens is 571 g/mol. The molecular formula is C35H43FN4O3Si. The summed E-state index contributed by atoms with van der Waals surface area (Å²) in [5.41, 5.74) is 4.73. The summed E-state index contributed by atoms with van der Waals surface area (Å²) < 4.78 is 23.6. The summed E-state index contributed by atoms with van der Waals surface area (Å²) in [5.74, 6) is 0.216. The molecule has 0 spiro atoms. The molecule has 7 nitrogen and oxygen atoms in total. The van der Waals surface area contributed by atoms with Crippen molar-refractivity contribution in [3.8, 4) is 28.1 Å². The van der Waals surface area contributed by atoms with E-state index in [4.69, 9.17) is 9.84 Å². The van der Waals surface area contributed by atoms with Crippen LogP contribution < -0.4 is 4.74 Å². The van der Waals surface area contributed by atoms with Crippen molar-refractivity contribution in [3.05, 3.63) is 89.6 Å². The predicted molar refractivity (Wildman–Crippen MR) is 175 cm³/mol. The van der Waals surface area contributed by atoms with E-state index in [9.17, 15) is 9.59 Å². The molecule has 0 radical (unpaired) electrons. The highest BCUT2D eigenvalue weighted by Gasteiger charge is 2.38. The largest absolute Gasteiger partial charge is 0.489 e. The van der Waals surface area contributed by atoms with Gasteiger partial charge in [0.1, 0.15) is 29.6 Å². The Morgan fingerprint density at radius 2 is 1.75 bits per heavy atom. The molecule has 0 saturated carbocycles. The van der Waals surface area contributed by atoms with Crippen LogP contribution in [0.1, 0.15) is 68.1 Å². The van der Waals surface area contributed by atoms with E-state index in [2.05, 4.69) is 44.8 Å². The van der Waals surface area contributed by atoms with Crippen molar-refractivity contribution >= 4 is 14.2 Å². The lowest BCUT2D eigenvalue weighted by Gasteiger charge is -2.36. The number of halogens is 1. The van der Waals surface area contributed by atoms with Gasteiger partial charge in [0.15, 0.2) is 8.32 Å². The van der Waals surface area contributed by atoms with Gasteiger partial charge in [-0.2, -0.15) is 5.10 Å². The van der Waals surface area contributed by atoms with Gasteiger partial charge in [0.25, 0.3) is 5.91 Å². The molecule has 1 amide bonds. The van der Waals surface area contributed by atoms with E-state index in [0.29, 0.717) is 60.4 Å². The van der Waals surface area contributed by atoms with Crippen LogP contribution in [0, 0.1) is 5.82 Å². The molecule has 232 valence electrons. The fourth-order valence-electron chi connectivity index (χ4n) is 5.46. The molecule has 2 aromatic carbocycles. The van der Waals surface area contributed by atoms with Crippen LogP contribution in [-0.4, -0.2) is 51.8 Å². The molecule has 1 aliphatic heterocycles. The van der Waals surface area contributed by atoms with E-state index in [-0.39, 0.29) is 10.9 Å². The van der Waals surface area contributed by atoms with Crippen LogP contribution in [-0.2, 0) is 13.2 Å². The summed E-state index contributed by atoms with van der Waals surface area (Å²) in [4.78, 5) is 30.6. The van der Waals surface area contributed by atoms with E-state index in [1.165, 1.54) is 11.6 Å². The summed E-state index contributed by atoms with van der Waals surface area (Å²) in [6, 6.07) is 16.7.